The van der Waals surface area contributed by atoms with Gasteiger partial charge in [0, 0.05) is 4.90 Å². The molecule has 3 aromatic rings. The maximum atomic E-state index is 12.6. The minimum atomic E-state index is -0.503. The summed E-state index contributed by atoms with van der Waals surface area (Å²) in [5.74, 6) is 1.85. The van der Waals surface area contributed by atoms with Gasteiger partial charge in [-0.1, -0.05) is 36.4 Å². The quantitative estimate of drug-likeness (QED) is 0.635. The molecule has 4 rings (SSSR count). The summed E-state index contributed by atoms with van der Waals surface area (Å²) in [6.07, 6.45) is 0. The van der Waals surface area contributed by atoms with E-state index in [4.69, 9.17) is 9.47 Å². The van der Waals surface area contributed by atoms with Gasteiger partial charge in [0.1, 0.15) is 13.2 Å². The van der Waals surface area contributed by atoms with E-state index in [-0.39, 0.29) is 5.91 Å². The Morgan fingerprint density at radius 1 is 0.964 bits per heavy atom. The lowest BCUT2D eigenvalue weighted by Gasteiger charge is -2.28. The van der Waals surface area contributed by atoms with Gasteiger partial charge in [-0.15, -0.1) is 11.8 Å². The lowest BCUT2D eigenvalue weighted by molar-refractivity contribution is -0.120. The molecule has 3 aromatic carbocycles. The molecule has 0 bridgehead atoms. The molecule has 1 aliphatic heterocycles. The van der Waals surface area contributed by atoms with Crippen molar-refractivity contribution in [1.29, 1.82) is 0 Å². The molecule has 0 unspecified atom stereocenters. The number of fused-ring (bicyclic) bond motifs is 2. The second kappa shape index (κ2) is 7.76. The van der Waals surface area contributed by atoms with Crippen molar-refractivity contribution in [3.05, 3.63) is 66.2 Å². The molecule has 0 saturated carbocycles. The normalized spacial score (nSPS) is 13.4. The Labute approximate surface area is 169 Å². The third kappa shape index (κ3) is 4.09. The number of amides is 1. The summed E-state index contributed by atoms with van der Waals surface area (Å²) in [5.41, 5.74) is 0.484. The minimum absolute atomic E-state index is 0.00181. The van der Waals surface area contributed by atoms with E-state index in [1.54, 1.807) is 11.8 Å². The van der Waals surface area contributed by atoms with Gasteiger partial charge in [-0.2, -0.15) is 0 Å². The number of ether oxygens (including phenoxy) is 2. The summed E-state index contributed by atoms with van der Waals surface area (Å²) in [4.78, 5) is 13.7. The molecule has 4 nitrogen and oxygen atoms in total. The summed E-state index contributed by atoms with van der Waals surface area (Å²) in [7, 11) is 0. The van der Waals surface area contributed by atoms with Gasteiger partial charge in [0.15, 0.2) is 11.5 Å². The molecule has 28 heavy (non-hydrogen) atoms. The average molecular weight is 394 g/mol. The Morgan fingerprint density at radius 3 is 2.54 bits per heavy atom. The van der Waals surface area contributed by atoms with Gasteiger partial charge >= 0.3 is 0 Å². The number of carbonyl (C=O) groups excluding carboxylic acids is 1. The van der Waals surface area contributed by atoms with Gasteiger partial charge in [-0.25, -0.2) is 0 Å². The molecule has 0 aromatic heterocycles. The predicted octanol–water partition coefficient (Wildman–Crippen LogP) is 4.75. The van der Waals surface area contributed by atoms with Crippen LogP contribution < -0.4 is 14.8 Å². The highest BCUT2D eigenvalue weighted by molar-refractivity contribution is 8.00. The predicted molar refractivity (Wildman–Crippen MR) is 113 cm³/mol. The summed E-state index contributed by atoms with van der Waals surface area (Å²) in [6.45, 7) is 5.11. The first-order valence-corrected chi connectivity index (χ1v) is 10.3. The van der Waals surface area contributed by atoms with Gasteiger partial charge < -0.3 is 14.8 Å². The van der Waals surface area contributed by atoms with Crippen LogP contribution >= 0.6 is 11.8 Å². The van der Waals surface area contributed by atoms with E-state index >= 15 is 0 Å². The maximum Gasteiger partial charge on any atom is 0.231 e. The molecule has 0 radical (unpaired) electrons. The van der Waals surface area contributed by atoms with Crippen molar-refractivity contribution in [3.8, 4) is 11.5 Å². The van der Waals surface area contributed by atoms with Crippen molar-refractivity contribution in [3.63, 3.8) is 0 Å². The Balaban J connectivity index is 1.40. The zero-order chi connectivity index (χ0) is 19.6. The first-order valence-electron chi connectivity index (χ1n) is 9.34. The van der Waals surface area contributed by atoms with E-state index in [1.807, 2.05) is 44.2 Å². The number of nitrogens with one attached hydrogen (secondary N) is 1. The Kier molecular flexibility index (Phi) is 5.18. The minimum Gasteiger partial charge on any atom is -0.486 e. The monoisotopic (exact) mass is 393 g/mol. The van der Waals surface area contributed by atoms with E-state index < -0.39 is 5.54 Å². The SMILES string of the molecule is CC(C)(NC(=O)CSc1ccc2ccccc2c1)c1ccc2c(c1)OCCO2. The fraction of sp³-hybridized carbons (Fsp3) is 0.261. The van der Waals surface area contributed by atoms with Crippen molar-refractivity contribution >= 4 is 28.4 Å². The molecule has 0 saturated heterocycles. The van der Waals surface area contributed by atoms with Crippen LogP contribution in [-0.2, 0) is 10.3 Å². The third-order valence-corrected chi connectivity index (χ3v) is 5.80. The number of thioether (sulfide) groups is 1. The van der Waals surface area contributed by atoms with Gasteiger partial charge in [-0.3, -0.25) is 4.79 Å². The zero-order valence-electron chi connectivity index (χ0n) is 16.0. The molecule has 1 N–H and O–H groups in total. The van der Waals surface area contributed by atoms with Crippen LogP contribution in [0.3, 0.4) is 0 Å². The molecule has 0 spiro atoms. The fourth-order valence-electron chi connectivity index (χ4n) is 3.29. The first-order chi connectivity index (χ1) is 13.5. The third-order valence-electron chi connectivity index (χ3n) is 4.81. The van der Waals surface area contributed by atoms with Crippen molar-refractivity contribution in [2.45, 2.75) is 24.3 Å². The highest BCUT2D eigenvalue weighted by Gasteiger charge is 2.25. The van der Waals surface area contributed by atoms with E-state index in [2.05, 4.69) is 35.6 Å². The van der Waals surface area contributed by atoms with Gasteiger partial charge in [-0.05, 0) is 54.4 Å². The second-order valence-electron chi connectivity index (χ2n) is 7.33. The van der Waals surface area contributed by atoms with Crippen molar-refractivity contribution < 1.29 is 14.3 Å². The number of hydrogen-bond acceptors (Lipinski definition) is 4. The molecule has 5 heteroatoms. The second-order valence-corrected chi connectivity index (χ2v) is 8.38. The summed E-state index contributed by atoms with van der Waals surface area (Å²) in [5, 5.41) is 5.52. The van der Waals surface area contributed by atoms with E-state index in [1.165, 1.54) is 10.8 Å². The van der Waals surface area contributed by atoms with Gasteiger partial charge in [0.25, 0.3) is 0 Å². The molecule has 0 aliphatic carbocycles. The largest absolute Gasteiger partial charge is 0.486 e. The van der Waals surface area contributed by atoms with Crippen molar-refractivity contribution in [2.75, 3.05) is 19.0 Å². The van der Waals surface area contributed by atoms with Crippen LogP contribution in [0.4, 0.5) is 0 Å². The molecular weight excluding hydrogens is 370 g/mol. The van der Waals surface area contributed by atoms with E-state index in [0.29, 0.717) is 19.0 Å². The highest BCUT2D eigenvalue weighted by atomic mass is 32.2. The zero-order valence-corrected chi connectivity index (χ0v) is 16.8. The topological polar surface area (TPSA) is 47.6 Å². The van der Waals surface area contributed by atoms with Crippen LogP contribution in [0.2, 0.25) is 0 Å². The standard InChI is InChI=1S/C23H23NO3S/c1-23(2,18-8-10-20-21(14-18)27-12-11-26-20)24-22(25)15-28-19-9-7-16-5-3-4-6-17(16)13-19/h3-10,13-14H,11-12,15H2,1-2H3,(H,24,25). The maximum absolute atomic E-state index is 12.6. The van der Waals surface area contributed by atoms with Crippen LogP contribution in [0, 0.1) is 0 Å². The van der Waals surface area contributed by atoms with Crippen LogP contribution in [0.15, 0.2) is 65.6 Å². The van der Waals surface area contributed by atoms with Crippen LogP contribution in [0.1, 0.15) is 19.4 Å². The smallest absolute Gasteiger partial charge is 0.231 e. The van der Waals surface area contributed by atoms with Gasteiger partial charge in [0.2, 0.25) is 5.91 Å². The van der Waals surface area contributed by atoms with Crippen LogP contribution in [0.5, 0.6) is 11.5 Å². The molecule has 1 aliphatic rings. The van der Waals surface area contributed by atoms with E-state index in [0.717, 1.165) is 22.0 Å². The van der Waals surface area contributed by atoms with Gasteiger partial charge in [0.05, 0.1) is 11.3 Å². The van der Waals surface area contributed by atoms with Crippen LogP contribution in [0.25, 0.3) is 10.8 Å². The number of hydrogen-bond donors (Lipinski definition) is 1. The summed E-state index contributed by atoms with van der Waals surface area (Å²) >= 11 is 1.55. The average Bonchev–Trinajstić information content (AvgIpc) is 2.71. The highest BCUT2D eigenvalue weighted by Crippen LogP contribution is 2.34. The lowest BCUT2D eigenvalue weighted by atomic mass is 9.93. The summed E-state index contributed by atoms with van der Waals surface area (Å²) in [6, 6.07) is 20.3. The first kappa shape index (κ1) is 18.7. The molecule has 1 heterocycles. The summed E-state index contributed by atoms with van der Waals surface area (Å²) < 4.78 is 11.2. The number of rotatable bonds is 5. The van der Waals surface area contributed by atoms with Crippen molar-refractivity contribution in [2.24, 2.45) is 0 Å². The lowest BCUT2D eigenvalue weighted by Crippen LogP contribution is -2.42. The molecule has 1 amide bonds. The number of benzene rings is 3. The number of carbonyl (C=O) groups is 1. The molecule has 0 atom stereocenters. The molecule has 144 valence electrons. The Hall–Kier alpha value is -2.66. The van der Waals surface area contributed by atoms with E-state index in [9.17, 15) is 4.79 Å². The van der Waals surface area contributed by atoms with Crippen molar-refractivity contribution in [1.82, 2.24) is 5.32 Å². The van der Waals surface area contributed by atoms with Crippen LogP contribution in [-0.4, -0.2) is 24.9 Å². The molecule has 0 fully saturated rings. The molecular formula is C23H23NO3S. The fourth-order valence-corrected chi connectivity index (χ4v) is 4.04. The Bertz CT molecular complexity index is 1020. The Morgan fingerprint density at radius 2 is 1.71 bits per heavy atom.